The standard InChI is InChI=1S/C21H26ClN3O/c1-17(18-7-4-3-5-8-18)23(2)21(26)16-24-11-13-25(14-12-24)20-10-6-9-19(22)15-20/h3-10,15,17H,11-14,16H2,1-2H3/t17-/m0/s1. The molecule has 0 aromatic heterocycles. The van der Waals surface area contributed by atoms with E-state index in [0.717, 1.165) is 42.5 Å². The van der Waals surface area contributed by atoms with Gasteiger partial charge in [0.2, 0.25) is 5.91 Å². The molecule has 1 amide bonds. The molecule has 2 aromatic carbocycles. The molecule has 0 N–H and O–H groups in total. The summed E-state index contributed by atoms with van der Waals surface area (Å²) < 4.78 is 0. The Balaban J connectivity index is 1.51. The van der Waals surface area contributed by atoms with Crippen molar-refractivity contribution in [3.63, 3.8) is 0 Å². The average Bonchev–Trinajstić information content (AvgIpc) is 2.68. The van der Waals surface area contributed by atoms with E-state index in [1.54, 1.807) is 0 Å². The van der Waals surface area contributed by atoms with Gasteiger partial charge in [-0.3, -0.25) is 9.69 Å². The maximum Gasteiger partial charge on any atom is 0.236 e. The summed E-state index contributed by atoms with van der Waals surface area (Å²) in [7, 11) is 1.89. The number of amides is 1. The van der Waals surface area contributed by atoms with Crippen molar-refractivity contribution < 1.29 is 4.79 Å². The highest BCUT2D eigenvalue weighted by molar-refractivity contribution is 6.30. The molecule has 0 bridgehead atoms. The van der Waals surface area contributed by atoms with Crippen molar-refractivity contribution in [2.24, 2.45) is 0 Å². The van der Waals surface area contributed by atoms with Crippen molar-refractivity contribution in [3.05, 3.63) is 65.2 Å². The molecule has 2 aromatic rings. The highest BCUT2D eigenvalue weighted by Gasteiger charge is 2.23. The molecule has 0 aliphatic carbocycles. The van der Waals surface area contributed by atoms with E-state index >= 15 is 0 Å². The fraction of sp³-hybridized carbons (Fsp3) is 0.381. The molecule has 5 heteroatoms. The van der Waals surface area contributed by atoms with Gasteiger partial charge < -0.3 is 9.80 Å². The summed E-state index contributed by atoms with van der Waals surface area (Å²) in [5, 5.41) is 0.761. The zero-order valence-electron chi connectivity index (χ0n) is 15.4. The number of hydrogen-bond acceptors (Lipinski definition) is 3. The third kappa shape index (κ3) is 4.57. The minimum absolute atomic E-state index is 0.0800. The van der Waals surface area contributed by atoms with Crippen LogP contribution in [0.3, 0.4) is 0 Å². The van der Waals surface area contributed by atoms with E-state index in [0.29, 0.717) is 6.54 Å². The average molecular weight is 372 g/mol. The molecule has 0 saturated carbocycles. The van der Waals surface area contributed by atoms with Crippen LogP contribution in [0.5, 0.6) is 0 Å². The van der Waals surface area contributed by atoms with Crippen LogP contribution in [-0.4, -0.2) is 55.5 Å². The van der Waals surface area contributed by atoms with Gasteiger partial charge in [0.1, 0.15) is 0 Å². The van der Waals surface area contributed by atoms with Crippen molar-refractivity contribution in [2.45, 2.75) is 13.0 Å². The van der Waals surface area contributed by atoms with Crippen LogP contribution < -0.4 is 4.90 Å². The Kier molecular flexibility index (Phi) is 6.17. The summed E-state index contributed by atoms with van der Waals surface area (Å²) in [6.07, 6.45) is 0. The second kappa shape index (κ2) is 8.56. The Morgan fingerprint density at radius 1 is 1.08 bits per heavy atom. The van der Waals surface area contributed by atoms with Crippen LogP contribution in [0.4, 0.5) is 5.69 Å². The molecule has 1 fully saturated rings. The third-order valence-electron chi connectivity index (χ3n) is 5.16. The number of hydrogen-bond donors (Lipinski definition) is 0. The van der Waals surface area contributed by atoms with E-state index < -0.39 is 0 Å². The second-order valence-corrected chi connectivity index (χ2v) is 7.27. The predicted octanol–water partition coefficient (Wildman–Crippen LogP) is 3.68. The lowest BCUT2D eigenvalue weighted by Crippen LogP contribution is -2.50. The van der Waals surface area contributed by atoms with Gasteiger partial charge in [-0.05, 0) is 30.7 Å². The summed E-state index contributed by atoms with van der Waals surface area (Å²) in [5.74, 6) is 0.164. The van der Waals surface area contributed by atoms with Gasteiger partial charge in [0.15, 0.2) is 0 Å². The molecule has 0 radical (unpaired) electrons. The molecular weight excluding hydrogens is 346 g/mol. The van der Waals surface area contributed by atoms with Gasteiger partial charge in [0.25, 0.3) is 0 Å². The van der Waals surface area contributed by atoms with Crippen molar-refractivity contribution in [2.75, 3.05) is 44.7 Å². The van der Waals surface area contributed by atoms with Gasteiger partial charge in [-0.1, -0.05) is 48.0 Å². The molecular formula is C21H26ClN3O. The van der Waals surface area contributed by atoms with Crippen LogP contribution in [0, 0.1) is 0 Å². The predicted molar refractivity (Wildman–Crippen MR) is 108 cm³/mol. The lowest BCUT2D eigenvalue weighted by atomic mass is 10.1. The molecule has 1 heterocycles. The maximum absolute atomic E-state index is 12.7. The Hall–Kier alpha value is -2.04. The lowest BCUT2D eigenvalue weighted by molar-refractivity contribution is -0.133. The van der Waals surface area contributed by atoms with E-state index in [2.05, 4.69) is 34.9 Å². The van der Waals surface area contributed by atoms with E-state index in [1.807, 2.05) is 48.3 Å². The van der Waals surface area contributed by atoms with Crippen LogP contribution in [0.1, 0.15) is 18.5 Å². The molecule has 1 atom stereocenters. The Morgan fingerprint density at radius 2 is 1.77 bits per heavy atom. The monoisotopic (exact) mass is 371 g/mol. The summed E-state index contributed by atoms with van der Waals surface area (Å²) in [6, 6.07) is 18.2. The van der Waals surface area contributed by atoms with E-state index in [1.165, 1.54) is 0 Å². The largest absolute Gasteiger partial charge is 0.369 e. The summed E-state index contributed by atoms with van der Waals surface area (Å²) in [4.78, 5) is 19.1. The SMILES string of the molecule is C[C@@H](c1ccccc1)N(C)C(=O)CN1CCN(c2cccc(Cl)c2)CC1. The molecule has 3 rings (SSSR count). The van der Waals surface area contributed by atoms with Gasteiger partial charge in [0, 0.05) is 43.9 Å². The molecule has 138 valence electrons. The first kappa shape index (κ1) is 18.7. The van der Waals surface area contributed by atoms with Gasteiger partial charge in [-0.2, -0.15) is 0 Å². The Bertz CT molecular complexity index is 729. The fourth-order valence-electron chi connectivity index (χ4n) is 3.31. The van der Waals surface area contributed by atoms with E-state index in [4.69, 9.17) is 11.6 Å². The molecule has 1 saturated heterocycles. The molecule has 0 unspecified atom stereocenters. The lowest BCUT2D eigenvalue weighted by Gasteiger charge is -2.37. The van der Waals surface area contributed by atoms with Gasteiger partial charge >= 0.3 is 0 Å². The van der Waals surface area contributed by atoms with Crippen LogP contribution in [0.2, 0.25) is 5.02 Å². The number of likely N-dealkylation sites (N-methyl/N-ethyl adjacent to an activating group) is 1. The number of halogens is 1. The number of anilines is 1. The number of rotatable bonds is 5. The molecule has 0 spiro atoms. The summed E-state index contributed by atoms with van der Waals surface area (Å²) in [5.41, 5.74) is 2.31. The van der Waals surface area contributed by atoms with Crippen molar-refractivity contribution >= 4 is 23.2 Å². The first-order valence-electron chi connectivity index (χ1n) is 9.08. The smallest absolute Gasteiger partial charge is 0.236 e. The number of benzene rings is 2. The minimum atomic E-state index is 0.0800. The highest BCUT2D eigenvalue weighted by atomic mass is 35.5. The van der Waals surface area contributed by atoms with Crippen LogP contribution in [0.25, 0.3) is 0 Å². The maximum atomic E-state index is 12.7. The first-order chi connectivity index (χ1) is 12.5. The molecule has 1 aliphatic rings. The number of piperazine rings is 1. The van der Waals surface area contributed by atoms with Gasteiger partial charge in [-0.15, -0.1) is 0 Å². The second-order valence-electron chi connectivity index (χ2n) is 6.83. The number of carbonyl (C=O) groups is 1. The van der Waals surface area contributed by atoms with Crippen molar-refractivity contribution in [1.82, 2.24) is 9.80 Å². The zero-order chi connectivity index (χ0) is 18.5. The Labute approximate surface area is 161 Å². The zero-order valence-corrected chi connectivity index (χ0v) is 16.2. The topological polar surface area (TPSA) is 26.8 Å². The normalized spacial score (nSPS) is 16.3. The number of carbonyl (C=O) groups excluding carboxylic acids is 1. The molecule has 1 aliphatic heterocycles. The molecule has 4 nitrogen and oxygen atoms in total. The quantitative estimate of drug-likeness (QED) is 0.802. The highest BCUT2D eigenvalue weighted by Crippen LogP contribution is 2.21. The van der Waals surface area contributed by atoms with Crippen LogP contribution in [-0.2, 0) is 4.79 Å². The molecule has 26 heavy (non-hydrogen) atoms. The Morgan fingerprint density at radius 3 is 2.42 bits per heavy atom. The van der Waals surface area contributed by atoms with Crippen LogP contribution >= 0.6 is 11.6 Å². The van der Waals surface area contributed by atoms with Gasteiger partial charge in [-0.25, -0.2) is 0 Å². The van der Waals surface area contributed by atoms with E-state index in [9.17, 15) is 4.79 Å². The van der Waals surface area contributed by atoms with Crippen molar-refractivity contribution in [3.8, 4) is 0 Å². The third-order valence-corrected chi connectivity index (χ3v) is 5.40. The van der Waals surface area contributed by atoms with Crippen LogP contribution in [0.15, 0.2) is 54.6 Å². The fourth-order valence-corrected chi connectivity index (χ4v) is 3.50. The summed E-state index contributed by atoms with van der Waals surface area (Å²) >= 11 is 6.09. The summed E-state index contributed by atoms with van der Waals surface area (Å²) in [6.45, 7) is 6.12. The van der Waals surface area contributed by atoms with Gasteiger partial charge in [0.05, 0.1) is 12.6 Å². The number of nitrogens with zero attached hydrogens (tertiary/aromatic N) is 3. The van der Waals surface area contributed by atoms with E-state index in [-0.39, 0.29) is 11.9 Å². The first-order valence-corrected chi connectivity index (χ1v) is 9.46. The van der Waals surface area contributed by atoms with Crippen molar-refractivity contribution in [1.29, 1.82) is 0 Å². The minimum Gasteiger partial charge on any atom is -0.369 e.